The molecule has 0 aliphatic rings. The number of nitrogens with zero attached hydrogens (tertiary/aromatic N) is 6. The zero-order chi connectivity index (χ0) is 55.0. The molecule has 15 aromatic carbocycles. The Kier molecular flexibility index (Phi) is 9.99. The van der Waals surface area contributed by atoms with Crippen LogP contribution >= 0.6 is 0 Å². The van der Waals surface area contributed by atoms with Crippen molar-refractivity contribution in [2.45, 2.75) is 0 Å². The highest BCUT2D eigenvalue weighted by atomic mass is 14.9. The van der Waals surface area contributed by atoms with Crippen molar-refractivity contribution < 1.29 is 0 Å². The van der Waals surface area contributed by atoms with Crippen LogP contribution in [0.4, 0.5) is 0 Å². The van der Waals surface area contributed by atoms with Crippen molar-refractivity contribution in [3.8, 4) is 56.4 Å². The Morgan fingerprint density at radius 1 is 0.179 bits per heavy atom. The lowest BCUT2D eigenvalue weighted by atomic mass is 9.87. The van der Waals surface area contributed by atoms with Crippen LogP contribution in [0.2, 0.25) is 0 Å². The Bertz CT molecular complexity index is 5840. The molecule has 0 N–H and O–H groups in total. The number of hydrogen-bond acceptors (Lipinski definition) is 6. The fourth-order valence-electron chi connectivity index (χ4n) is 13.9. The first-order valence-electron chi connectivity index (χ1n) is 28.5. The van der Waals surface area contributed by atoms with Crippen molar-refractivity contribution in [3.63, 3.8) is 0 Å². The van der Waals surface area contributed by atoms with E-state index in [1.54, 1.807) is 12.4 Å². The highest BCUT2D eigenvalue weighted by molar-refractivity contribution is 6.35. The largest absolute Gasteiger partial charge is 0.237 e. The molecule has 18 aromatic rings. The molecular weight excluding hydrogens is 1020 g/mol. The monoisotopic (exact) mass is 1060 g/mol. The quantitative estimate of drug-likeness (QED) is 0.126. The third-order valence-electron chi connectivity index (χ3n) is 17.6. The van der Waals surface area contributed by atoms with Gasteiger partial charge in [-0.05, 0) is 189 Å². The summed E-state index contributed by atoms with van der Waals surface area (Å²) >= 11 is 0. The Morgan fingerprint density at radius 3 is 1.07 bits per heavy atom. The predicted molar refractivity (Wildman–Crippen MR) is 350 cm³/mol. The van der Waals surface area contributed by atoms with Crippen molar-refractivity contribution >= 4 is 129 Å². The maximum atomic E-state index is 5.24. The molecule has 6 nitrogen and oxygen atoms in total. The molecule has 0 aliphatic heterocycles. The zero-order valence-corrected chi connectivity index (χ0v) is 45.1. The van der Waals surface area contributed by atoms with E-state index in [1.807, 2.05) is 30.9 Å². The lowest BCUT2D eigenvalue weighted by molar-refractivity contribution is 1.18. The smallest absolute Gasteiger partial charge is 0.159 e. The maximum Gasteiger partial charge on any atom is 0.159 e. The Balaban J connectivity index is 0.758. The van der Waals surface area contributed by atoms with Gasteiger partial charge in [-0.25, -0.2) is 29.9 Å². The summed E-state index contributed by atoms with van der Waals surface area (Å²) in [5.74, 6) is 2.07. The first kappa shape index (κ1) is 46.4. The second-order valence-electron chi connectivity index (χ2n) is 22.1. The maximum absolute atomic E-state index is 5.24. The van der Waals surface area contributed by atoms with Crippen LogP contribution in [0.5, 0.6) is 0 Å². The normalized spacial score (nSPS) is 12.0. The highest BCUT2D eigenvalue weighted by Gasteiger charge is 2.22. The van der Waals surface area contributed by atoms with Gasteiger partial charge in [-0.2, -0.15) is 0 Å². The highest BCUT2D eigenvalue weighted by Crippen LogP contribution is 2.47. The third-order valence-corrected chi connectivity index (χ3v) is 17.6. The number of aromatic nitrogens is 6. The van der Waals surface area contributed by atoms with E-state index in [1.165, 1.54) is 80.8 Å². The number of rotatable bonds is 5. The topological polar surface area (TPSA) is 77.3 Å². The molecule has 6 heteroatoms. The number of benzene rings is 15. The van der Waals surface area contributed by atoms with E-state index in [4.69, 9.17) is 29.9 Å². The summed E-state index contributed by atoms with van der Waals surface area (Å²) in [4.78, 5) is 30.2. The summed E-state index contributed by atoms with van der Waals surface area (Å²) in [7, 11) is 0. The average molecular weight is 1070 g/mol. The van der Waals surface area contributed by atoms with Gasteiger partial charge in [0.1, 0.15) is 0 Å². The van der Waals surface area contributed by atoms with Gasteiger partial charge in [0.25, 0.3) is 0 Å². The van der Waals surface area contributed by atoms with Gasteiger partial charge in [0.05, 0.1) is 0 Å². The van der Waals surface area contributed by atoms with E-state index in [-0.39, 0.29) is 0 Å². The standard InChI is InChI=1S/C78H44N6/c1-2-17-46-36-66-65(34-45(46)16-1)53-21-6-8-23-55(53)69-40-72(58-26-11-14-29-61(58)75(66)69)77-81-41-49(42-82-77)47-30-31-62-64(35-47)52-20-5-7-22-54(52)68-39-71(56-24-9-12-27-59(56)73(62)68)78-83-43-50(44-84-78)63-37-48-18-3-4-19-51(48)67-38-70(76-79-32-15-33-80-76)57-25-10-13-28-60(57)74(63)67/h1-44H. The van der Waals surface area contributed by atoms with Crippen LogP contribution in [-0.2, 0) is 0 Å². The van der Waals surface area contributed by atoms with Gasteiger partial charge in [-0.3, -0.25) is 0 Å². The van der Waals surface area contributed by atoms with E-state index < -0.39 is 0 Å². The molecule has 0 spiro atoms. The fraction of sp³-hybridized carbons (Fsp3) is 0. The van der Waals surface area contributed by atoms with Gasteiger partial charge in [-0.1, -0.05) is 182 Å². The van der Waals surface area contributed by atoms with Crippen molar-refractivity contribution in [1.29, 1.82) is 0 Å². The summed E-state index contributed by atoms with van der Waals surface area (Å²) < 4.78 is 0. The number of fused-ring (bicyclic) bond motifs is 22. The number of hydrogen-bond donors (Lipinski definition) is 0. The molecule has 0 saturated carbocycles. The first-order chi connectivity index (χ1) is 41.7. The Morgan fingerprint density at radius 2 is 0.536 bits per heavy atom. The molecule has 18 rings (SSSR count). The van der Waals surface area contributed by atoms with Gasteiger partial charge in [0.15, 0.2) is 17.5 Å². The second-order valence-corrected chi connectivity index (χ2v) is 22.1. The molecule has 0 fully saturated rings. The van der Waals surface area contributed by atoms with E-state index in [0.717, 1.165) is 87.4 Å². The molecule has 0 aliphatic carbocycles. The lowest BCUT2D eigenvalue weighted by Gasteiger charge is -2.17. The van der Waals surface area contributed by atoms with Gasteiger partial charge in [0, 0.05) is 65.0 Å². The summed E-state index contributed by atoms with van der Waals surface area (Å²) in [6.45, 7) is 0. The van der Waals surface area contributed by atoms with Crippen LogP contribution < -0.4 is 0 Å². The van der Waals surface area contributed by atoms with Crippen molar-refractivity contribution in [2.24, 2.45) is 0 Å². The average Bonchev–Trinajstić information content (AvgIpc) is 1.27. The molecule has 0 unspecified atom stereocenters. The third kappa shape index (κ3) is 6.92. The van der Waals surface area contributed by atoms with Crippen molar-refractivity contribution in [3.05, 3.63) is 268 Å². The molecule has 0 saturated heterocycles. The SMILES string of the molecule is c1cnc(-c2cc3c4ccccc4cc(-c4cnc(-c5cc6c7ccccc7c7cc(-c8cnc(-c9cc%10c%11ccccc%11c%11cc%12ccccc%12cc%11c%10c%10ccccc9%10)nc8)ccc7c6c6ccccc56)nc4)c3c3ccccc23)nc1. The van der Waals surface area contributed by atoms with E-state index in [0.29, 0.717) is 17.5 Å². The minimum atomic E-state index is 0.672. The summed E-state index contributed by atoms with van der Waals surface area (Å²) in [5, 5.41) is 28.3. The summed E-state index contributed by atoms with van der Waals surface area (Å²) in [5.41, 5.74) is 7.03. The lowest BCUT2D eigenvalue weighted by Crippen LogP contribution is -1.95. The van der Waals surface area contributed by atoms with Gasteiger partial charge in [-0.15, -0.1) is 0 Å². The molecular formula is C78H44N6. The fourth-order valence-corrected chi connectivity index (χ4v) is 13.9. The van der Waals surface area contributed by atoms with Crippen LogP contribution in [0.3, 0.4) is 0 Å². The van der Waals surface area contributed by atoms with Gasteiger partial charge < -0.3 is 0 Å². The van der Waals surface area contributed by atoms with E-state index in [2.05, 4.69) is 224 Å². The second kappa shape index (κ2) is 18.1. The van der Waals surface area contributed by atoms with Crippen LogP contribution in [0, 0.1) is 0 Å². The van der Waals surface area contributed by atoms with Crippen molar-refractivity contribution in [1.82, 2.24) is 29.9 Å². The van der Waals surface area contributed by atoms with E-state index in [9.17, 15) is 0 Å². The van der Waals surface area contributed by atoms with Crippen LogP contribution in [-0.4, -0.2) is 29.9 Å². The minimum Gasteiger partial charge on any atom is -0.237 e. The van der Waals surface area contributed by atoms with Crippen molar-refractivity contribution in [2.75, 3.05) is 0 Å². The van der Waals surface area contributed by atoms with Crippen LogP contribution in [0.15, 0.2) is 268 Å². The predicted octanol–water partition coefficient (Wildman–Crippen LogP) is 20.2. The molecule has 0 radical (unpaired) electrons. The summed E-state index contributed by atoms with van der Waals surface area (Å²) in [6.07, 6.45) is 11.6. The van der Waals surface area contributed by atoms with E-state index >= 15 is 0 Å². The zero-order valence-electron chi connectivity index (χ0n) is 45.1. The van der Waals surface area contributed by atoms with Gasteiger partial charge >= 0.3 is 0 Å². The Labute approximate surface area is 480 Å². The molecule has 0 bridgehead atoms. The minimum absolute atomic E-state index is 0.672. The molecule has 3 heterocycles. The first-order valence-corrected chi connectivity index (χ1v) is 28.5. The molecule has 0 amide bonds. The summed E-state index contributed by atoms with van der Waals surface area (Å²) in [6, 6.07) is 83.4. The molecule has 0 atom stereocenters. The van der Waals surface area contributed by atoms with Crippen LogP contribution in [0.1, 0.15) is 0 Å². The molecule has 3 aromatic heterocycles. The van der Waals surface area contributed by atoms with Crippen LogP contribution in [0.25, 0.3) is 186 Å². The van der Waals surface area contributed by atoms with Gasteiger partial charge in [0.2, 0.25) is 0 Å². The molecule has 386 valence electrons. The molecule has 84 heavy (non-hydrogen) atoms. The Hall–Kier alpha value is -11.3.